The van der Waals surface area contributed by atoms with Crippen LogP contribution < -0.4 is 4.74 Å². The maximum absolute atomic E-state index is 13.0. The number of nitrogens with zero attached hydrogens (tertiary/aromatic N) is 1. The Kier molecular flexibility index (Phi) is 4.97. The number of hydrogen-bond donors (Lipinski definition) is 0. The lowest BCUT2D eigenvalue weighted by Crippen LogP contribution is -1.97. The number of alkyl halides is 1. The van der Waals surface area contributed by atoms with E-state index in [0.717, 1.165) is 17.3 Å². The van der Waals surface area contributed by atoms with Crippen LogP contribution in [0.1, 0.15) is 16.7 Å². The molecule has 0 N–H and O–H groups in total. The molecule has 0 radical (unpaired) electrons. The summed E-state index contributed by atoms with van der Waals surface area (Å²) in [6.07, 6.45) is 2.74. The molecule has 2 aromatic rings. The van der Waals surface area contributed by atoms with Crippen molar-refractivity contribution in [2.75, 3.05) is 5.88 Å². The van der Waals surface area contributed by atoms with Crippen molar-refractivity contribution in [3.63, 3.8) is 0 Å². The summed E-state index contributed by atoms with van der Waals surface area (Å²) < 4.78 is 18.6. The van der Waals surface area contributed by atoms with Crippen molar-refractivity contribution >= 4 is 11.6 Å². The van der Waals surface area contributed by atoms with E-state index in [0.29, 0.717) is 17.2 Å². The fraction of sp³-hybridized carbons (Fsp3) is 0.188. The molecule has 0 bridgehead atoms. The summed E-state index contributed by atoms with van der Waals surface area (Å²) in [4.78, 5) is 3.78. The third kappa shape index (κ3) is 3.97. The van der Waals surface area contributed by atoms with Crippen LogP contribution >= 0.6 is 11.6 Å². The molecule has 2 nitrogen and oxygen atoms in total. The second-order valence-corrected chi connectivity index (χ2v) is 4.48. The van der Waals surface area contributed by atoms with E-state index in [1.54, 1.807) is 6.20 Å². The van der Waals surface area contributed by atoms with Crippen molar-refractivity contribution in [1.29, 1.82) is 0 Å². The van der Waals surface area contributed by atoms with Crippen LogP contribution in [0.5, 0.6) is 5.75 Å². The van der Waals surface area contributed by atoms with Crippen molar-refractivity contribution in [2.45, 2.75) is 13.5 Å². The second kappa shape index (κ2) is 6.93. The van der Waals surface area contributed by atoms with Gasteiger partial charge in [0.25, 0.3) is 0 Å². The molecule has 0 spiro atoms. The third-order valence-corrected chi connectivity index (χ3v) is 2.79. The van der Waals surface area contributed by atoms with E-state index in [2.05, 4.69) is 16.8 Å². The van der Waals surface area contributed by atoms with E-state index in [1.165, 1.54) is 6.07 Å². The summed E-state index contributed by atoms with van der Waals surface area (Å²) in [5.41, 5.74) is 2.62. The van der Waals surface area contributed by atoms with E-state index >= 15 is 0 Å². The predicted octanol–water partition coefficient (Wildman–Crippen LogP) is 3.70. The van der Waals surface area contributed by atoms with Crippen LogP contribution in [-0.2, 0) is 6.61 Å². The van der Waals surface area contributed by atoms with E-state index < -0.39 is 0 Å². The van der Waals surface area contributed by atoms with Crippen molar-refractivity contribution in [1.82, 2.24) is 4.98 Å². The Hall–Kier alpha value is -2.05. The van der Waals surface area contributed by atoms with Gasteiger partial charge in [0.1, 0.15) is 18.2 Å². The highest BCUT2D eigenvalue weighted by atomic mass is 35.5. The van der Waals surface area contributed by atoms with Gasteiger partial charge in [-0.25, -0.2) is 4.39 Å². The first-order chi connectivity index (χ1) is 9.69. The maximum Gasteiger partial charge on any atom is 0.141 e. The summed E-state index contributed by atoms with van der Waals surface area (Å²) in [6.45, 7) is 2.23. The molecule has 1 aromatic carbocycles. The number of aromatic nitrogens is 1. The van der Waals surface area contributed by atoms with Crippen molar-refractivity contribution in [2.24, 2.45) is 0 Å². The normalized spacial score (nSPS) is 9.75. The lowest BCUT2D eigenvalue weighted by atomic mass is 10.1. The fourth-order valence-corrected chi connectivity index (χ4v) is 1.76. The topological polar surface area (TPSA) is 22.1 Å². The number of rotatable bonds is 3. The van der Waals surface area contributed by atoms with Gasteiger partial charge in [0.15, 0.2) is 0 Å². The Morgan fingerprint density at radius 3 is 2.85 bits per heavy atom. The first-order valence-corrected chi connectivity index (χ1v) is 6.60. The zero-order valence-electron chi connectivity index (χ0n) is 11.0. The van der Waals surface area contributed by atoms with Gasteiger partial charge >= 0.3 is 0 Å². The molecule has 0 aliphatic carbocycles. The highest BCUT2D eigenvalue weighted by Gasteiger charge is 2.01. The molecular weight excluding hydrogens is 277 g/mol. The molecule has 102 valence electrons. The molecule has 0 aliphatic heterocycles. The van der Waals surface area contributed by atoms with Gasteiger partial charge in [-0.15, -0.1) is 11.6 Å². The minimum absolute atomic E-state index is 0.275. The second-order valence-electron chi connectivity index (χ2n) is 4.21. The Balaban J connectivity index is 2.05. The van der Waals surface area contributed by atoms with Gasteiger partial charge in [0.2, 0.25) is 0 Å². The number of halogens is 2. The molecule has 4 heteroatoms. The first-order valence-electron chi connectivity index (χ1n) is 6.07. The van der Waals surface area contributed by atoms with Gasteiger partial charge in [0, 0.05) is 17.3 Å². The molecule has 0 saturated heterocycles. The summed E-state index contributed by atoms with van der Waals surface area (Å²) in [5, 5.41) is 0. The number of ether oxygens (including phenoxy) is 1. The number of benzene rings is 1. The van der Waals surface area contributed by atoms with Crippen molar-refractivity contribution < 1.29 is 9.13 Å². The van der Waals surface area contributed by atoms with Crippen LogP contribution in [0.4, 0.5) is 4.39 Å². The average molecular weight is 290 g/mol. The predicted molar refractivity (Wildman–Crippen MR) is 77.3 cm³/mol. The standard InChI is InChI=1S/C16H13ClFNO/c1-12-7-16(5-4-14(12)3-2-6-17)20-11-13-8-15(18)10-19-9-13/h4-5,7-10H,6,11H2,1H3. The smallest absolute Gasteiger partial charge is 0.141 e. The SMILES string of the molecule is Cc1cc(OCc2cncc(F)c2)ccc1C#CCCl. The Morgan fingerprint density at radius 1 is 1.30 bits per heavy atom. The molecule has 0 unspecified atom stereocenters. The quantitative estimate of drug-likeness (QED) is 0.635. The Morgan fingerprint density at radius 2 is 2.15 bits per heavy atom. The van der Waals surface area contributed by atoms with Crippen LogP contribution in [0, 0.1) is 24.6 Å². The molecule has 0 saturated carbocycles. The molecule has 0 aliphatic rings. The van der Waals surface area contributed by atoms with Gasteiger partial charge in [-0.3, -0.25) is 4.98 Å². The highest BCUT2D eigenvalue weighted by molar-refractivity contribution is 6.19. The lowest BCUT2D eigenvalue weighted by Gasteiger charge is -2.08. The van der Waals surface area contributed by atoms with Gasteiger partial charge in [-0.1, -0.05) is 11.8 Å². The monoisotopic (exact) mass is 289 g/mol. The number of pyridine rings is 1. The third-order valence-electron chi connectivity index (χ3n) is 2.65. The van der Waals surface area contributed by atoms with E-state index in [1.807, 2.05) is 25.1 Å². The summed E-state index contributed by atoms with van der Waals surface area (Å²) in [7, 11) is 0. The number of hydrogen-bond acceptors (Lipinski definition) is 2. The average Bonchev–Trinajstić information content (AvgIpc) is 2.44. The van der Waals surface area contributed by atoms with Crippen LogP contribution in [-0.4, -0.2) is 10.9 Å². The summed E-state index contributed by atoms with van der Waals surface area (Å²) in [5.74, 6) is 6.44. The molecule has 1 aromatic heterocycles. The molecule has 2 rings (SSSR count). The van der Waals surface area contributed by atoms with Crippen LogP contribution in [0.2, 0.25) is 0 Å². The Labute approximate surface area is 122 Å². The Bertz CT molecular complexity index is 661. The minimum Gasteiger partial charge on any atom is -0.489 e. The lowest BCUT2D eigenvalue weighted by molar-refractivity contribution is 0.305. The molecular formula is C16H13ClFNO. The number of aryl methyl sites for hydroxylation is 1. The van der Waals surface area contributed by atoms with Gasteiger partial charge in [-0.05, 0) is 36.8 Å². The highest BCUT2D eigenvalue weighted by Crippen LogP contribution is 2.18. The van der Waals surface area contributed by atoms with Gasteiger partial charge in [-0.2, -0.15) is 0 Å². The maximum atomic E-state index is 13.0. The fourth-order valence-electron chi connectivity index (χ4n) is 1.70. The molecule has 0 atom stereocenters. The molecule has 0 amide bonds. The van der Waals surface area contributed by atoms with E-state index in [9.17, 15) is 4.39 Å². The minimum atomic E-state index is -0.367. The van der Waals surface area contributed by atoms with E-state index in [-0.39, 0.29) is 12.4 Å². The zero-order chi connectivity index (χ0) is 14.4. The van der Waals surface area contributed by atoms with Crippen LogP contribution in [0.15, 0.2) is 36.7 Å². The largest absolute Gasteiger partial charge is 0.489 e. The zero-order valence-corrected chi connectivity index (χ0v) is 11.7. The first kappa shape index (κ1) is 14.4. The van der Waals surface area contributed by atoms with Crippen LogP contribution in [0.25, 0.3) is 0 Å². The molecule has 0 fully saturated rings. The van der Waals surface area contributed by atoms with E-state index in [4.69, 9.17) is 16.3 Å². The molecule has 1 heterocycles. The van der Waals surface area contributed by atoms with Crippen molar-refractivity contribution in [3.05, 3.63) is 59.2 Å². The van der Waals surface area contributed by atoms with Crippen LogP contribution in [0.3, 0.4) is 0 Å². The van der Waals surface area contributed by atoms with Gasteiger partial charge in [0.05, 0.1) is 12.1 Å². The van der Waals surface area contributed by atoms with Gasteiger partial charge < -0.3 is 4.74 Å². The molecule has 20 heavy (non-hydrogen) atoms. The summed E-state index contributed by atoms with van der Waals surface area (Å²) in [6, 6.07) is 7.01. The summed E-state index contributed by atoms with van der Waals surface area (Å²) >= 11 is 5.53. The van der Waals surface area contributed by atoms with Crippen molar-refractivity contribution in [3.8, 4) is 17.6 Å².